The van der Waals surface area contributed by atoms with Gasteiger partial charge in [-0.1, -0.05) is 12.5 Å². The van der Waals surface area contributed by atoms with Crippen LogP contribution in [0.1, 0.15) is 72.6 Å². The molecule has 0 radical (unpaired) electrons. The van der Waals surface area contributed by atoms with Crippen LogP contribution in [0.15, 0.2) is 18.2 Å². The number of carbonyl (C=O) groups excluding carboxylic acids is 6. The van der Waals surface area contributed by atoms with Gasteiger partial charge < -0.3 is 52.7 Å². The van der Waals surface area contributed by atoms with E-state index < -0.39 is 29.7 Å². The molecule has 3 rings (SSSR count). The molecular weight excluding hydrogens is 778 g/mol. The second kappa shape index (κ2) is 31.0. The fraction of sp³-hybridized carbons (Fsp3) is 0.700. The average molecular weight is 840 g/mol. The molecule has 1 atom stereocenters. The van der Waals surface area contributed by atoms with Gasteiger partial charge in [-0.05, 0) is 38.3 Å². The summed E-state index contributed by atoms with van der Waals surface area (Å²) in [6, 6.07) is 3.52. The lowest BCUT2D eigenvalue weighted by Crippen LogP contribution is -2.54. The summed E-state index contributed by atoms with van der Waals surface area (Å²) < 4.78 is 54.0. The van der Waals surface area contributed by atoms with Crippen LogP contribution in [0.4, 0.5) is 5.69 Å². The van der Waals surface area contributed by atoms with E-state index in [4.69, 9.17) is 47.4 Å². The largest absolute Gasteiger partial charge is 0.466 e. The SMILES string of the molecule is CCOC(=O)CCOCCOCCOCCOCCOCCOCCOCCOCCOCCCCCC(=O)Nc1cccc2c1C(=O)N(C1CCC(=O)NC1=O)C2=O. The van der Waals surface area contributed by atoms with Gasteiger partial charge in [-0.2, -0.15) is 0 Å². The monoisotopic (exact) mass is 839 g/mol. The molecule has 19 heteroatoms. The van der Waals surface area contributed by atoms with Gasteiger partial charge in [0.1, 0.15) is 6.04 Å². The van der Waals surface area contributed by atoms with Crippen LogP contribution >= 0.6 is 0 Å². The van der Waals surface area contributed by atoms with Crippen molar-refractivity contribution in [1.29, 1.82) is 0 Å². The molecule has 332 valence electrons. The number of amides is 5. The van der Waals surface area contributed by atoms with Gasteiger partial charge >= 0.3 is 5.97 Å². The Labute approximate surface area is 345 Å². The van der Waals surface area contributed by atoms with Gasteiger partial charge in [0.2, 0.25) is 17.7 Å². The van der Waals surface area contributed by atoms with Gasteiger partial charge in [-0.15, -0.1) is 0 Å². The molecule has 19 nitrogen and oxygen atoms in total. The molecule has 1 saturated heterocycles. The summed E-state index contributed by atoms with van der Waals surface area (Å²) in [4.78, 5) is 74.7. The lowest BCUT2D eigenvalue weighted by molar-refractivity contribution is -0.144. The van der Waals surface area contributed by atoms with Crippen LogP contribution in [0.2, 0.25) is 0 Å². The van der Waals surface area contributed by atoms with Gasteiger partial charge in [-0.3, -0.25) is 39.0 Å². The zero-order valence-electron chi connectivity index (χ0n) is 34.2. The topological polar surface area (TPSA) is 222 Å². The first-order chi connectivity index (χ1) is 28.8. The molecule has 0 aromatic heterocycles. The van der Waals surface area contributed by atoms with Crippen molar-refractivity contribution in [2.45, 2.75) is 57.9 Å². The number of ether oxygens (including phenoxy) is 10. The van der Waals surface area contributed by atoms with Gasteiger partial charge in [0.25, 0.3) is 11.8 Å². The van der Waals surface area contributed by atoms with Crippen molar-refractivity contribution in [3.05, 3.63) is 29.3 Å². The molecule has 1 aromatic rings. The number of anilines is 1. The van der Waals surface area contributed by atoms with Gasteiger partial charge in [0.15, 0.2) is 0 Å². The van der Waals surface area contributed by atoms with Crippen molar-refractivity contribution in [2.75, 3.05) is 131 Å². The quantitative estimate of drug-likeness (QED) is 0.0558. The van der Waals surface area contributed by atoms with E-state index in [1.165, 1.54) is 6.07 Å². The molecule has 2 heterocycles. The number of nitrogens with zero attached hydrogens (tertiary/aromatic N) is 1. The van der Waals surface area contributed by atoms with E-state index in [1.807, 2.05) is 0 Å². The molecule has 2 N–H and O–H groups in total. The maximum absolute atomic E-state index is 13.2. The Kier molecular flexibility index (Phi) is 26.0. The Morgan fingerprint density at radius 2 is 1.12 bits per heavy atom. The third kappa shape index (κ3) is 20.3. The number of carbonyl (C=O) groups is 6. The number of piperidine rings is 1. The van der Waals surface area contributed by atoms with E-state index in [-0.39, 0.29) is 54.4 Å². The Hall–Kier alpha value is -3.92. The standard InChI is InChI=1S/C40H61N3O16/c1-2-59-36(46)12-14-51-16-18-53-20-22-55-24-26-57-28-30-58-29-27-56-25-23-54-21-19-52-17-15-50-13-5-3-4-9-34(44)41-32-8-6-7-31-37(32)40(49)43(39(31)48)33-10-11-35(45)42-38(33)47/h6-8,33H,2-5,9-30H2,1H3,(H,41,44)(H,42,45,47). The van der Waals surface area contributed by atoms with Gasteiger partial charge in [0, 0.05) is 19.4 Å². The van der Waals surface area contributed by atoms with Crippen molar-refractivity contribution in [3.63, 3.8) is 0 Å². The predicted molar refractivity (Wildman–Crippen MR) is 209 cm³/mol. The summed E-state index contributed by atoms with van der Waals surface area (Å²) in [5.41, 5.74) is 0.373. The van der Waals surface area contributed by atoms with Crippen molar-refractivity contribution >= 4 is 41.2 Å². The molecule has 1 fully saturated rings. The maximum atomic E-state index is 13.2. The Balaban J connectivity index is 1.01. The first-order valence-corrected chi connectivity index (χ1v) is 20.3. The van der Waals surface area contributed by atoms with Crippen LogP contribution in [0.3, 0.4) is 0 Å². The fourth-order valence-corrected chi connectivity index (χ4v) is 5.75. The van der Waals surface area contributed by atoms with Gasteiger partial charge in [-0.25, -0.2) is 0 Å². The van der Waals surface area contributed by atoms with Gasteiger partial charge in [0.05, 0.1) is 142 Å². The smallest absolute Gasteiger partial charge is 0.308 e. The second-order valence-electron chi connectivity index (χ2n) is 13.1. The summed E-state index contributed by atoms with van der Waals surface area (Å²) in [6.07, 6.45) is 2.67. The minimum Gasteiger partial charge on any atom is -0.466 e. The number of fused-ring (bicyclic) bond motifs is 1. The molecule has 0 spiro atoms. The van der Waals surface area contributed by atoms with Crippen molar-refractivity contribution in [1.82, 2.24) is 10.2 Å². The lowest BCUT2D eigenvalue weighted by atomic mass is 10.0. The number of nitrogens with one attached hydrogen (secondary N) is 2. The molecule has 1 aromatic carbocycles. The highest BCUT2D eigenvalue weighted by atomic mass is 16.6. The van der Waals surface area contributed by atoms with E-state index >= 15 is 0 Å². The Morgan fingerprint density at radius 1 is 0.627 bits per heavy atom. The first-order valence-electron chi connectivity index (χ1n) is 20.3. The molecule has 59 heavy (non-hydrogen) atoms. The number of rotatable bonds is 36. The summed E-state index contributed by atoms with van der Waals surface area (Å²) in [6.45, 7) is 10.2. The number of hydrogen-bond donors (Lipinski definition) is 2. The minimum atomic E-state index is -1.08. The molecule has 2 aliphatic rings. The number of benzene rings is 1. The van der Waals surface area contributed by atoms with Crippen LogP contribution in [0.5, 0.6) is 0 Å². The number of unbranched alkanes of at least 4 members (excludes halogenated alkanes) is 2. The highest BCUT2D eigenvalue weighted by molar-refractivity contribution is 6.26. The van der Waals surface area contributed by atoms with E-state index in [2.05, 4.69) is 10.6 Å². The summed E-state index contributed by atoms with van der Waals surface area (Å²) in [5.74, 6) is -2.99. The fourth-order valence-electron chi connectivity index (χ4n) is 5.75. The van der Waals surface area contributed by atoms with Crippen LogP contribution in [0.25, 0.3) is 0 Å². The minimum absolute atomic E-state index is 0.0258. The van der Waals surface area contributed by atoms with Crippen LogP contribution in [0, 0.1) is 0 Å². The highest BCUT2D eigenvalue weighted by Gasteiger charge is 2.45. The van der Waals surface area contributed by atoms with E-state index in [0.29, 0.717) is 132 Å². The lowest BCUT2D eigenvalue weighted by Gasteiger charge is -2.27. The third-order valence-corrected chi connectivity index (χ3v) is 8.67. The predicted octanol–water partition coefficient (Wildman–Crippen LogP) is 1.69. The molecule has 2 aliphatic heterocycles. The number of hydrogen-bond acceptors (Lipinski definition) is 16. The van der Waals surface area contributed by atoms with E-state index in [9.17, 15) is 28.8 Å². The Bertz CT molecular complexity index is 1430. The van der Waals surface area contributed by atoms with Crippen molar-refractivity contribution in [2.24, 2.45) is 0 Å². The summed E-state index contributed by atoms with van der Waals surface area (Å²) in [7, 11) is 0. The number of imide groups is 2. The molecule has 5 amide bonds. The first kappa shape index (κ1) is 49.4. The molecule has 1 unspecified atom stereocenters. The maximum Gasteiger partial charge on any atom is 0.308 e. The van der Waals surface area contributed by atoms with E-state index in [1.54, 1.807) is 19.1 Å². The normalized spacial score (nSPS) is 15.1. The average Bonchev–Trinajstić information content (AvgIpc) is 3.47. The molecule has 0 bridgehead atoms. The number of esters is 1. The second-order valence-corrected chi connectivity index (χ2v) is 13.1. The van der Waals surface area contributed by atoms with Crippen LogP contribution in [-0.2, 0) is 66.5 Å². The van der Waals surface area contributed by atoms with Crippen LogP contribution in [-0.4, -0.2) is 172 Å². The highest BCUT2D eigenvalue weighted by Crippen LogP contribution is 2.32. The third-order valence-electron chi connectivity index (χ3n) is 8.67. The zero-order valence-corrected chi connectivity index (χ0v) is 34.2. The molecule has 0 aliphatic carbocycles. The zero-order chi connectivity index (χ0) is 42.3. The summed E-state index contributed by atoms with van der Waals surface area (Å²) >= 11 is 0. The van der Waals surface area contributed by atoms with Crippen molar-refractivity contribution < 1.29 is 76.1 Å². The van der Waals surface area contributed by atoms with Crippen LogP contribution < -0.4 is 10.6 Å². The molecule has 0 saturated carbocycles. The van der Waals surface area contributed by atoms with Crippen molar-refractivity contribution in [3.8, 4) is 0 Å². The summed E-state index contributed by atoms with van der Waals surface area (Å²) in [5, 5.41) is 4.90. The Morgan fingerprint density at radius 3 is 1.61 bits per heavy atom. The molecular formula is C40H61N3O16. The van der Waals surface area contributed by atoms with E-state index in [0.717, 1.165) is 17.7 Å².